The normalized spacial score (nSPS) is 10.4. The lowest BCUT2D eigenvalue weighted by Crippen LogP contribution is -2.19. The number of ether oxygens (including phenoxy) is 1. The third-order valence-corrected chi connectivity index (χ3v) is 6.04. The van der Waals surface area contributed by atoms with Crippen molar-refractivity contribution in [1.29, 1.82) is 0 Å². The van der Waals surface area contributed by atoms with Crippen LogP contribution < -0.4 is 0 Å². The average Bonchev–Trinajstić information content (AvgIpc) is 3.47. The zero-order valence-electron chi connectivity index (χ0n) is 21.1. The molecule has 0 atom stereocenters. The molecule has 5 aromatic rings. The fourth-order valence-corrected chi connectivity index (χ4v) is 4.15. The highest BCUT2D eigenvalue weighted by Gasteiger charge is 2.27. The number of rotatable bonds is 6. The van der Waals surface area contributed by atoms with E-state index in [4.69, 9.17) is 14.9 Å². The third kappa shape index (κ3) is 5.67. The van der Waals surface area contributed by atoms with Crippen LogP contribution in [0, 0.1) is 0 Å². The first-order chi connectivity index (χ1) is 20.0. The quantitative estimate of drug-likeness (QED) is 0.156. The Bertz CT molecular complexity index is 1780. The lowest BCUT2D eigenvalue weighted by Gasteiger charge is -2.12. The monoisotopic (exact) mass is 570 g/mol. The van der Waals surface area contributed by atoms with Gasteiger partial charge in [0, 0.05) is 0 Å². The van der Waals surface area contributed by atoms with E-state index in [2.05, 4.69) is 4.42 Å². The van der Waals surface area contributed by atoms with Crippen molar-refractivity contribution in [1.82, 2.24) is 0 Å². The Morgan fingerprint density at radius 2 is 0.833 bits per heavy atom. The minimum atomic E-state index is -1.36. The van der Waals surface area contributed by atoms with E-state index in [0.717, 1.165) is 12.5 Å². The maximum Gasteiger partial charge on any atom is 0.347 e. The number of carbonyl (C=O) groups excluding carboxylic acids is 2. The Labute approximate surface area is 234 Å². The first-order valence-corrected chi connectivity index (χ1v) is 11.8. The molecule has 0 amide bonds. The molecule has 0 saturated carbocycles. The smallest absolute Gasteiger partial charge is 0.347 e. The van der Waals surface area contributed by atoms with Crippen LogP contribution in [-0.4, -0.2) is 56.2 Å². The fraction of sp³-hybridized carbons (Fsp3) is 0. The van der Waals surface area contributed by atoms with Crippen LogP contribution in [0.15, 0.2) is 89.7 Å². The number of furan rings is 1. The summed E-state index contributed by atoms with van der Waals surface area (Å²) < 4.78 is 9.42. The molecular weight excluding hydrogens is 552 g/mol. The van der Waals surface area contributed by atoms with Crippen molar-refractivity contribution in [2.24, 2.45) is 0 Å². The second-order valence-corrected chi connectivity index (χ2v) is 8.52. The summed E-state index contributed by atoms with van der Waals surface area (Å²) in [5.41, 5.74) is -1.89. The van der Waals surface area contributed by atoms with Gasteiger partial charge in [0.25, 0.3) is 0 Å². The largest absolute Gasteiger partial charge is 0.478 e. The summed E-state index contributed by atoms with van der Waals surface area (Å²) in [6.07, 6.45) is 1.76. The number of carboxylic acid groups (broad SMARTS) is 4. The highest BCUT2D eigenvalue weighted by Crippen LogP contribution is 2.27. The molecule has 4 aromatic carbocycles. The van der Waals surface area contributed by atoms with Gasteiger partial charge in [-0.2, -0.15) is 0 Å². The highest BCUT2D eigenvalue weighted by molar-refractivity contribution is 6.19. The van der Waals surface area contributed by atoms with Crippen LogP contribution >= 0.6 is 0 Å². The third-order valence-electron chi connectivity index (χ3n) is 6.04. The molecule has 1 aromatic heterocycles. The van der Waals surface area contributed by atoms with E-state index in [1.807, 2.05) is 0 Å². The molecule has 0 aliphatic heterocycles. The van der Waals surface area contributed by atoms with Gasteiger partial charge in [0.15, 0.2) is 0 Å². The van der Waals surface area contributed by atoms with E-state index in [0.29, 0.717) is 21.5 Å². The van der Waals surface area contributed by atoms with Crippen molar-refractivity contribution < 1.29 is 58.3 Å². The summed E-state index contributed by atoms with van der Waals surface area (Å²) >= 11 is 0. The number of benzene rings is 4. The maximum atomic E-state index is 12.9. The Morgan fingerprint density at radius 3 is 1.19 bits per heavy atom. The second kappa shape index (κ2) is 11.8. The molecule has 5 rings (SSSR count). The lowest BCUT2D eigenvalue weighted by atomic mass is 9.98. The van der Waals surface area contributed by atoms with Crippen molar-refractivity contribution in [2.75, 3.05) is 0 Å². The summed E-state index contributed by atoms with van der Waals surface area (Å²) in [6, 6.07) is 18.8. The number of hydrogen-bond donors (Lipinski definition) is 4. The Hall–Kier alpha value is -6.30. The minimum Gasteiger partial charge on any atom is -0.478 e. The molecule has 12 nitrogen and oxygen atoms in total. The van der Waals surface area contributed by atoms with Gasteiger partial charge >= 0.3 is 35.8 Å². The second-order valence-electron chi connectivity index (χ2n) is 8.52. The topological polar surface area (TPSA) is 206 Å². The zero-order valence-corrected chi connectivity index (χ0v) is 21.1. The summed E-state index contributed by atoms with van der Waals surface area (Å²) in [7, 11) is 0. The summed E-state index contributed by atoms with van der Waals surface area (Å²) in [5.74, 6) is -7.69. The van der Waals surface area contributed by atoms with Gasteiger partial charge in [0.1, 0.15) is 23.7 Å². The van der Waals surface area contributed by atoms with E-state index < -0.39 is 35.8 Å². The van der Waals surface area contributed by atoms with E-state index in [-0.39, 0.29) is 33.4 Å². The van der Waals surface area contributed by atoms with Gasteiger partial charge in [0.05, 0.1) is 22.3 Å². The number of carboxylic acids is 4. The molecule has 0 fully saturated rings. The molecule has 0 unspecified atom stereocenters. The van der Waals surface area contributed by atoms with Crippen LogP contribution in [0.5, 0.6) is 0 Å². The van der Waals surface area contributed by atoms with Crippen LogP contribution in [0.4, 0.5) is 0 Å². The number of carbonyl (C=O) groups is 6. The van der Waals surface area contributed by atoms with Crippen molar-refractivity contribution in [3.8, 4) is 0 Å². The van der Waals surface area contributed by atoms with Crippen LogP contribution in [0.25, 0.3) is 21.5 Å². The van der Waals surface area contributed by atoms with Crippen molar-refractivity contribution in [2.45, 2.75) is 0 Å². The Kier molecular flexibility index (Phi) is 8.09. The lowest BCUT2D eigenvalue weighted by molar-refractivity contribution is 0.0389. The summed E-state index contributed by atoms with van der Waals surface area (Å²) in [6.45, 7) is 0. The van der Waals surface area contributed by atoms with E-state index in [9.17, 15) is 39.0 Å². The predicted octanol–water partition coefficient (Wildman–Crippen LogP) is 5.06. The van der Waals surface area contributed by atoms with Crippen LogP contribution in [0.2, 0.25) is 0 Å². The first kappa shape index (κ1) is 28.7. The SMILES string of the molecule is O=C(O)c1ccc2ccccc2c1C(=O)OC(=O)c1c(C(=O)O)ccc2ccccc12.O=C(O)c1cocc1C(=O)O. The van der Waals surface area contributed by atoms with Crippen LogP contribution in [0.3, 0.4) is 0 Å². The molecule has 0 spiro atoms. The van der Waals surface area contributed by atoms with Gasteiger partial charge < -0.3 is 29.6 Å². The van der Waals surface area contributed by atoms with Crippen LogP contribution in [0.1, 0.15) is 62.1 Å². The molecule has 4 N–H and O–H groups in total. The van der Waals surface area contributed by atoms with E-state index >= 15 is 0 Å². The minimum absolute atomic E-state index is 0.281. The zero-order chi connectivity index (χ0) is 30.6. The molecule has 210 valence electrons. The van der Waals surface area contributed by atoms with Gasteiger partial charge in [-0.3, -0.25) is 0 Å². The average molecular weight is 570 g/mol. The van der Waals surface area contributed by atoms with Crippen LogP contribution in [-0.2, 0) is 4.74 Å². The van der Waals surface area contributed by atoms with Crippen molar-refractivity contribution in [3.05, 3.63) is 119 Å². The van der Waals surface area contributed by atoms with Gasteiger partial charge in [-0.1, -0.05) is 60.7 Å². The fourth-order valence-electron chi connectivity index (χ4n) is 4.15. The molecule has 0 bridgehead atoms. The van der Waals surface area contributed by atoms with E-state index in [1.165, 1.54) is 12.1 Å². The molecular formula is C30H18O12. The molecule has 0 radical (unpaired) electrons. The maximum absolute atomic E-state index is 12.9. The van der Waals surface area contributed by atoms with Gasteiger partial charge in [-0.15, -0.1) is 0 Å². The number of aromatic carboxylic acids is 4. The number of fused-ring (bicyclic) bond motifs is 2. The highest BCUT2D eigenvalue weighted by atomic mass is 16.6. The summed E-state index contributed by atoms with van der Waals surface area (Å²) in [5, 5.41) is 37.6. The molecule has 0 aliphatic rings. The molecule has 42 heavy (non-hydrogen) atoms. The number of esters is 2. The first-order valence-electron chi connectivity index (χ1n) is 11.8. The van der Waals surface area contributed by atoms with Gasteiger partial charge in [-0.05, 0) is 33.7 Å². The predicted molar refractivity (Wildman–Crippen MR) is 144 cm³/mol. The van der Waals surface area contributed by atoms with Gasteiger partial charge in [-0.25, -0.2) is 28.8 Å². The van der Waals surface area contributed by atoms with Crippen molar-refractivity contribution in [3.63, 3.8) is 0 Å². The van der Waals surface area contributed by atoms with Gasteiger partial charge in [0.2, 0.25) is 0 Å². The van der Waals surface area contributed by atoms with Crippen molar-refractivity contribution >= 4 is 57.4 Å². The molecule has 0 saturated heterocycles. The standard InChI is InChI=1S/C24H14O7.C6H4O5/c25-21(26)17-11-9-13-5-1-3-7-15(13)19(17)23(29)31-24(30)20-16-8-4-2-6-14(16)10-12-18(20)22(27)28;7-5(8)3-1-11-2-4(3)6(9)10/h1-12H,(H,25,26)(H,27,28);1-2H,(H,7,8)(H,9,10). The molecule has 12 heteroatoms. The Morgan fingerprint density at radius 1 is 0.476 bits per heavy atom. The molecule has 1 heterocycles. The Balaban J connectivity index is 0.000000310. The summed E-state index contributed by atoms with van der Waals surface area (Å²) in [4.78, 5) is 69.7. The van der Waals surface area contributed by atoms with E-state index in [1.54, 1.807) is 60.7 Å². The number of hydrogen-bond acceptors (Lipinski definition) is 8. The molecule has 0 aliphatic carbocycles.